The normalized spacial score (nSPS) is 3.00. The third-order valence-electron chi connectivity index (χ3n) is 0. The third-order valence-corrected chi connectivity index (χ3v) is 0. The first kappa shape index (κ1) is 29.7. The molecule has 0 heterocycles. The van der Waals surface area contributed by atoms with Crippen LogP contribution in [0.3, 0.4) is 0 Å². The van der Waals surface area contributed by atoms with Gasteiger partial charge in [-0.25, -0.2) is 0 Å². The molecule has 0 aliphatic heterocycles. The fourth-order valence-electron chi connectivity index (χ4n) is 0. The van der Waals surface area contributed by atoms with E-state index in [-0.39, 0.29) is 139 Å². The summed E-state index contributed by atoms with van der Waals surface area (Å²) in [5, 5.41) is 0. The van der Waals surface area contributed by atoms with Crippen molar-refractivity contribution in [2.45, 2.75) is 0 Å². The predicted octanol–water partition coefficient (Wildman–Crippen LogP) is -3.26. The van der Waals surface area contributed by atoms with Crippen molar-refractivity contribution in [2.24, 2.45) is 0 Å². The van der Waals surface area contributed by atoms with Gasteiger partial charge in [0.25, 0.3) is 0 Å². The molecule has 42 valence electrons. The summed E-state index contributed by atoms with van der Waals surface area (Å²) < 4.78 is 8.74. The van der Waals surface area contributed by atoms with Crippen LogP contribution >= 0.6 is 0 Å². The summed E-state index contributed by atoms with van der Waals surface area (Å²) in [5.41, 5.74) is 0. The second kappa shape index (κ2) is 22.4. The van der Waals surface area contributed by atoms with Gasteiger partial charge in [0, 0.05) is 0 Å². The zero-order valence-electron chi connectivity index (χ0n) is 9.92. The van der Waals surface area contributed by atoms with Crippen LogP contribution in [0.5, 0.6) is 0 Å². The Balaban J connectivity index is -0.000000001000. The maximum atomic E-state index is 8.74. The van der Waals surface area contributed by atoms with E-state index in [1.807, 2.05) is 0 Å². The van der Waals surface area contributed by atoms with Crippen molar-refractivity contribution in [3.05, 3.63) is 0 Å². The van der Waals surface area contributed by atoms with Gasteiger partial charge in [-0.2, -0.15) is 0 Å². The predicted molar refractivity (Wildman–Crippen MR) is 44.8 cm³/mol. The molecule has 0 aliphatic rings. The van der Waals surface area contributed by atoms with Gasteiger partial charge in [0.05, 0.1) is 0 Å². The van der Waals surface area contributed by atoms with Crippen LogP contribution in [-0.4, -0.2) is 149 Å². The van der Waals surface area contributed by atoms with Gasteiger partial charge >= 0.3 is 122 Å². The smallest absolute Gasteiger partial charge is 1.00 e. The summed E-state index contributed by atoms with van der Waals surface area (Å²) in [6.45, 7) is 0. The van der Waals surface area contributed by atoms with Crippen LogP contribution in [0.4, 0.5) is 0 Å². The molecule has 0 atom stereocenters. The van der Waals surface area contributed by atoms with E-state index in [4.69, 9.17) is 14.1 Å². The summed E-state index contributed by atoms with van der Waals surface area (Å²) in [6, 6.07) is 0. The molecular formula is H11AlCa3O3Si. The Morgan fingerprint density at radius 2 is 1.12 bits per heavy atom. The van der Waals surface area contributed by atoms with Crippen molar-refractivity contribution in [3.63, 3.8) is 0 Å². The summed E-state index contributed by atoms with van der Waals surface area (Å²) in [5.74, 6) is 0. The molecule has 0 aromatic rings. The maximum Gasteiger partial charge on any atom is 2.00 e. The van der Waals surface area contributed by atoms with E-state index >= 15 is 0 Å². The van der Waals surface area contributed by atoms with E-state index in [0.717, 1.165) is 0 Å². The first-order chi connectivity index (χ1) is 1.73. The zero-order valence-corrected chi connectivity index (χ0v) is 11.5. The van der Waals surface area contributed by atoms with E-state index in [1.165, 1.54) is 0 Å². The van der Waals surface area contributed by atoms with Gasteiger partial charge in [-0.05, 0) is 0 Å². The Hall–Kier alpha value is 3.93. The molecule has 0 fully saturated rings. The molecule has 0 spiro atoms. The van der Waals surface area contributed by atoms with Crippen LogP contribution in [0.2, 0.25) is 0 Å². The van der Waals surface area contributed by atoms with Crippen molar-refractivity contribution in [1.29, 1.82) is 0 Å². The van der Waals surface area contributed by atoms with Gasteiger partial charge in [0.1, 0.15) is 0 Å². The van der Waals surface area contributed by atoms with E-state index in [9.17, 15) is 0 Å². The molecule has 8 heteroatoms. The molecule has 0 unspecified atom stereocenters. The van der Waals surface area contributed by atoms with Crippen LogP contribution in [0.15, 0.2) is 0 Å². The summed E-state index contributed by atoms with van der Waals surface area (Å²) >= 11 is 0. The quantitative estimate of drug-likeness (QED) is 0.433. The van der Waals surface area contributed by atoms with Crippen LogP contribution in [0.1, 0.15) is 8.56 Å². The molecule has 0 rings (SSSR count). The summed E-state index contributed by atoms with van der Waals surface area (Å²) in [6.07, 6.45) is 0. The zero-order chi connectivity index (χ0) is 3.58. The first-order valence-corrected chi connectivity index (χ1v) is 1.95. The van der Waals surface area contributed by atoms with Gasteiger partial charge in [-0.1, -0.05) is 0 Å². The topological polar surface area (TPSA) is 57.5 Å². The number of hydrogen-bond donors (Lipinski definition) is 2. The Kier molecular flexibility index (Phi) is 83.3. The van der Waals surface area contributed by atoms with Gasteiger partial charge in [-0.15, -0.1) is 0 Å². The molecule has 8 heavy (non-hydrogen) atoms. The molecule has 2 N–H and O–H groups in total. The Labute approximate surface area is 159 Å². The monoisotopic (exact) mass is 234 g/mol. The fraction of sp³-hybridized carbons (Fsp3) is 0. The van der Waals surface area contributed by atoms with E-state index < -0.39 is 9.17 Å². The Morgan fingerprint density at radius 1 is 1.12 bits per heavy atom. The van der Waals surface area contributed by atoms with Gasteiger partial charge < -0.3 is 18.2 Å². The maximum absolute atomic E-state index is 8.74. The van der Waals surface area contributed by atoms with Gasteiger partial charge in [-0.3, -0.25) is 4.46 Å². The second-order valence-corrected chi connectivity index (χ2v) is 0.848. The second-order valence-electron chi connectivity index (χ2n) is 0.283. The molecule has 3 nitrogen and oxygen atoms in total. The molecule has 0 amide bonds. The third kappa shape index (κ3) is 51.3. The van der Waals surface area contributed by atoms with Crippen molar-refractivity contribution >= 4 is 140 Å². The molecule has 0 aromatic carbocycles. The van der Waals surface area contributed by atoms with E-state index in [2.05, 4.69) is 0 Å². The van der Waals surface area contributed by atoms with Crippen molar-refractivity contribution in [2.75, 3.05) is 0 Å². The molecular weight excluding hydrogens is 223 g/mol. The SMILES string of the molecule is O=[Si](O)O.[AlH3].[Ca+2].[Ca+2].[Ca+2].[H-].[H-].[H-].[H-].[H-].[H-]. The Bertz CT molecular complexity index is 51.3. The molecule has 0 bridgehead atoms. The molecule has 0 aromatic heterocycles. The van der Waals surface area contributed by atoms with Crippen molar-refractivity contribution in [1.82, 2.24) is 0 Å². The van der Waals surface area contributed by atoms with Crippen LogP contribution in [0.25, 0.3) is 0 Å². The number of rotatable bonds is 0. The van der Waals surface area contributed by atoms with Crippen LogP contribution in [-0.2, 0) is 4.46 Å². The standard InChI is InChI=1S/Al.3Ca.H2O3Si.9H/c;;;;1-4(2)3;;;;;;;;;/h;;;;1-2H;;;;;;;;;/q;3*+2;;;;;6*-1. The van der Waals surface area contributed by atoms with Crippen molar-refractivity contribution < 1.29 is 22.6 Å². The van der Waals surface area contributed by atoms with Gasteiger partial charge in [0.15, 0.2) is 17.4 Å². The van der Waals surface area contributed by atoms with Crippen LogP contribution in [0, 0.1) is 0 Å². The van der Waals surface area contributed by atoms with E-state index in [1.54, 1.807) is 0 Å². The molecule has 0 saturated carbocycles. The molecule has 0 aliphatic carbocycles. The molecule has 0 saturated heterocycles. The minimum atomic E-state index is -3.13. The minimum absolute atomic E-state index is 0. The van der Waals surface area contributed by atoms with Crippen LogP contribution < -0.4 is 0 Å². The first-order valence-electron chi connectivity index (χ1n) is 0.651. The Morgan fingerprint density at radius 3 is 1.12 bits per heavy atom. The largest absolute Gasteiger partial charge is 2.00 e. The minimum Gasteiger partial charge on any atom is -1.00 e. The summed E-state index contributed by atoms with van der Waals surface area (Å²) in [4.78, 5) is 14.3. The fourth-order valence-corrected chi connectivity index (χ4v) is 0. The summed E-state index contributed by atoms with van der Waals surface area (Å²) in [7, 11) is -3.13. The van der Waals surface area contributed by atoms with E-state index in [0.29, 0.717) is 0 Å². The number of hydrogen-bond acceptors (Lipinski definition) is 1. The average Bonchev–Trinajstić information content (AvgIpc) is 0.811. The van der Waals surface area contributed by atoms with Crippen molar-refractivity contribution in [3.8, 4) is 0 Å². The van der Waals surface area contributed by atoms with Gasteiger partial charge in [0.2, 0.25) is 0 Å². The molecule has 0 radical (unpaired) electrons. The average molecular weight is 234 g/mol.